The Labute approximate surface area is 189 Å². The molecule has 14 nitrogen and oxygen atoms in total. The minimum atomic E-state index is -1.54. The van der Waals surface area contributed by atoms with Crippen LogP contribution in [0.5, 0.6) is 0 Å². The average Bonchev–Trinajstić information content (AvgIpc) is 3.21. The first-order valence-corrected chi connectivity index (χ1v) is 10.1. The Hall–Kier alpha value is -3.52. The lowest BCUT2D eigenvalue weighted by atomic mass is 10.0. The smallest absolute Gasteiger partial charge is 0.326 e. The first-order chi connectivity index (χ1) is 15.3. The van der Waals surface area contributed by atoms with E-state index in [9.17, 15) is 34.2 Å². The highest BCUT2D eigenvalue weighted by Crippen LogP contribution is 2.06. The van der Waals surface area contributed by atoms with Crippen molar-refractivity contribution in [3.05, 3.63) is 18.2 Å². The molecule has 0 saturated heterocycles. The lowest BCUT2D eigenvalue weighted by molar-refractivity contribution is -0.144. The quantitative estimate of drug-likeness (QED) is 0.149. The average molecular weight is 470 g/mol. The van der Waals surface area contributed by atoms with E-state index < -0.39 is 72.3 Å². The van der Waals surface area contributed by atoms with Gasteiger partial charge in [-0.25, -0.2) is 9.78 Å². The molecule has 1 aromatic rings. The molecule has 5 unspecified atom stereocenters. The number of nitrogens with two attached hydrogens (primary N) is 1. The predicted molar refractivity (Wildman–Crippen MR) is 112 cm³/mol. The van der Waals surface area contributed by atoms with Crippen LogP contribution in [0.4, 0.5) is 0 Å². The molecule has 14 heteroatoms. The van der Waals surface area contributed by atoms with E-state index in [2.05, 4.69) is 25.9 Å². The molecule has 0 bridgehead atoms. The number of nitrogens with zero attached hydrogens (tertiary/aromatic N) is 1. The van der Waals surface area contributed by atoms with Crippen molar-refractivity contribution in [2.45, 2.75) is 63.9 Å². The van der Waals surface area contributed by atoms with E-state index in [1.54, 1.807) is 13.8 Å². The van der Waals surface area contributed by atoms with Gasteiger partial charge in [-0.1, -0.05) is 13.8 Å². The van der Waals surface area contributed by atoms with Crippen molar-refractivity contribution in [1.82, 2.24) is 25.9 Å². The number of carboxylic acid groups (broad SMARTS) is 2. The normalized spacial score (nSPS) is 15.6. The third-order valence-electron chi connectivity index (χ3n) is 4.64. The number of hydrogen-bond acceptors (Lipinski definition) is 8. The van der Waals surface area contributed by atoms with Gasteiger partial charge in [0.1, 0.15) is 18.1 Å². The number of rotatable bonds is 13. The molecule has 0 spiro atoms. The molecule has 0 aromatic carbocycles. The minimum absolute atomic E-state index is 0.116. The van der Waals surface area contributed by atoms with Gasteiger partial charge in [-0.3, -0.25) is 19.2 Å². The lowest BCUT2D eigenvalue weighted by Crippen LogP contribution is -2.60. The predicted octanol–water partition coefficient (Wildman–Crippen LogP) is -2.67. The number of aliphatic hydroxyl groups excluding tert-OH is 1. The second-order valence-corrected chi connectivity index (χ2v) is 7.84. The molecular formula is C19H30N6O8. The summed E-state index contributed by atoms with van der Waals surface area (Å²) in [5.41, 5.74) is 5.98. The zero-order valence-electron chi connectivity index (χ0n) is 18.4. The topological polar surface area (TPSA) is 237 Å². The van der Waals surface area contributed by atoms with Gasteiger partial charge in [-0.2, -0.15) is 0 Å². The first kappa shape index (κ1) is 27.5. The van der Waals surface area contributed by atoms with Crippen molar-refractivity contribution in [2.24, 2.45) is 11.7 Å². The molecule has 184 valence electrons. The maximum atomic E-state index is 12.9. The maximum absolute atomic E-state index is 12.9. The summed E-state index contributed by atoms with van der Waals surface area (Å²) in [5.74, 6) is -5.81. The fourth-order valence-electron chi connectivity index (χ4n) is 2.80. The molecular weight excluding hydrogens is 440 g/mol. The van der Waals surface area contributed by atoms with E-state index in [4.69, 9.17) is 10.8 Å². The number of aliphatic hydroxyl groups is 1. The van der Waals surface area contributed by atoms with Gasteiger partial charge in [0.25, 0.3) is 0 Å². The maximum Gasteiger partial charge on any atom is 0.326 e. The van der Waals surface area contributed by atoms with Crippen LogP contribution in [0.2, 0.25) is 0 Å². The summed E-state index contributed by atoms with van der Waals surface area (Å²) in [6, 6.07) is -5.54. The van der Waals surface area contributed by atoms with Gasteiger partial charge in [0.15, 0.2) is 0 Å². The van der Waals surface area contributed by atoms with Gasteiger partial charge in [0, 0.05) is 18.3 Å². The number of aliphatic carboxylic acids is 2. The lowest BCUT2D eigenvalue weighted by Gasteiger charge is -2.27. The summed E-state index contributed by atoms with van der Waals surface area (Å²) in [7, 11) is 0. The fourth-order valence-corrected chi connectivity index (χ4v) is 2.80. The number of carbonyl (C=O) groups is 5. The number of imidazole rings is 1. The number of aromatic nitrogens is 2. The van der Waals surface area contributed by atoms with Crippen LogP contribution >= 0.6 is 0 Å². The van der Waals surface area contributed by atoms with Gasteiger partial charge in [0.2, 0.25) is 17.7 Å². The molecule has 1 aromatic heterocycles. The Morgan fingerprint density at radius 3 is 2.06 bits per heavy atom. The van der Waals surface area contributed by atoms with Crippen molar-refractivity contribution in [3.63, 3.8) is 0 Å². The van der Waals surface area contributed by atoms with E-state index in [0.717, 1.165) is 0 Å². The molecule has 3 amide bonds. The third-order valence-corrected chi connectivity index (χ3v) is 4.64. The molecule has 9 N–H and O–H groups in total. The Morgan fingerprint density at radius 2 is 1.61 bits per heavy atom. The second kappa shape index (κ2) is 12.5. The fraction of sp³-hybridized carbons (Fsp3) is 0.579. The second-order valence-electron chi connectivity index (χ2n) is 7.84. The molecule has 0 aliphatic heterocycles. The molecule has 33 heavy (non-hydrogen) atoms. The van der Waals surface area contributed by atoms with Gasteiger partial charge in [-0.15, -0.1) is 0 Å². The minimum Gasteiger partial charge on any atom is -0.481 e. The highest BCUT2D eigenvalue weighted by atomic mass is 16.4. The van der Waals surface area contributed by atoms with Crippen molar-refractivity contribution in [3.8, 4) is 0 Å². The molecule has 0 aliphatic rings. The Bertz CT molecular complexity index is 841. The molecule has 0 saturated carbocycles. The van der Waals surface area contributed by atoms with Crippen molar-refractivity contribution in [1.29, 1.82) is 0 Å². The number of aromatic amines is 1. The van der Waals surface area contributed by atoms with E-state index in [1.807, 2.05) is 0 Å². The zero-order valence-corrected chi connectivity index (χ0v) is 18.4. The molecule has 1 rings (SSSR count). The van der Waals surface area contributed by atoms with Crippen LogP contribution in [0, 0.1) is 5.92 Å². The van der Waals surface area contributed by atoms with Crippen LogP contribution in [-0.2, 0) is 30.4 Å². The highest BCUT2D eigenvalue weighted by Gasteiger charge is 2.33. The third kappa shape index (κ3) is 8.86. The molecule has 0 radical (unpaired) electrons. The summed E-state index contributed by atoms with van der Waals surface area (Å²) in [6.45, 7) is 4.37. The summed E-state index contributed by atoms with van der Waals surface area (Å²) in [4.78, 5) is 66.5. The number of carboxylic acids is 2. The monoisotopic (exact) mass is 470 g/mol. The zero-order chi connectivity index (χ0) is 25.3. The van der Waals surface area contributed by atoms with E-state index in [1.165, 1.54) is 19.4 Å². The highest BCUT2D eigenvalue weighted by molar-refractivity contribution is 5.95. The Morgan fingerprint density at radius 1 is 1.00 bits per heavy atom. The van der Waals surface area contributed by atoms with Gasteiger partial charge >= 0.3 is 11.9 Å². The van der Waals surface area contributed by atoms with Crippen LogP contribution in [0.15, 0.2) is 12.5 Å². The molecule has 5 atom stereocenters. The standard InChI is InChI=1S/C19H30N6O8/c1-8(2)14(19(32)33)24-18(31)15(9(3)26)25-17(30)12(4-10-6-21-7-22-10)23-16(29)11(20)5-13(27)28/h6-9,11-12,14-15,26H,4-5,20H2,1-3H3,(H,21,22)(H,23,29)(H,24,31)(H,25,30)(H,27,28)(H,32,33). The number of nitrogens with one attached hydrogen (secondary N) is 4. The van der Waals surface area contributed by atoms with Crippen molar-refractivity contribution in [2.75, 3.05) is 0 Å². The van der Waals surface area contributed by atoms with Gasteiger partial charge in [-0.05, 0) is 12.8 Å². The molecule has 0 fully saturated rings. The van der Waals surface area contributed by atoms with Crippen LogP contribution in [0.25, 0.3) is 0 Å². The van der Waals surface area contributed by atoms with Crippen LogP contribution in [-0.4, -0.2) is 85.2 Å². The van der Waals surface area contributed by atoms with Crippen molar-refractivity contribution < 1.29 is 39.3 Å². The number of H-pyrrole nitrogens is 1. The van der Waals surface area contributed by atoms with E-state index in [-0.39, 0.29) is 6.42 Å². The summed E-state index contributed by atoms with van der Waals surface area (Å²) >= 11 is 0. The summed E-state index contributed by atoms with van der Waals surface area (Å²) < 4.78 is 0. The van der Waals surface area contributed by atoms with E-state index in [0.29, 0.717) is 5.69 Å². The van der Waals surface area contributed by atoms with E-state index >= 15 is 0 Å². The largest absolute Gasteiger partial charge is 0.481 e. The number of amides is 3. The van der Waals surface area contributed by atoms with Crippen LogP contribution in [0.1, 0.15) is 32.9 Å². The summed E-state index contributed by atoms with van der Waals surface area (Å²) in [5, 5.41) is 35.0. The SMILES string of the molecule is CC(C)C(NC(=O)C(NC(=O)C(Cc1cnc[nH]1)NC(=O)C(N)CC(=O)O)C(C)O)C(=O)O. The number of carbonyl (C=O) groups excluding carboxylic acids is 3. The first-order valence-electron chi connectivity index (χ1n) is 10.1. The Kier molecular flexibility index (Phi) is 10.4. The van der Waals surface area contributed by atoms with Crippen molar-refractivity contribution >= 4 is 29.7 Å². The number of hydrogen-bond donors (Lipinski definition) is 8. The van der Waals surface area contributed by atoms with Gasteiger partial charge < -0.3 is 42.0 Å². The molecule has 0 aliphatic carbocycles. The van der Waals surface area contributed by atoms with Crippen LogP contribution in [0.3, 0.4) is 0 Å². The van der Waals surface area contributed by atoms with Gasteiger partial charge in [0.05, 0.1) is 24.9 Å². The Balaban J connectivity index is 3.03. The van der Waals surface area contributed by atoms with Crippen LogP contribution < -0.4 is 21.7 Å². The summed E-state index contributed by atoms with van der Waals surface area (Å²) in [6.07, 6.45) is 0.534. The molecule has 1 heterocycles.